The van der Waals surface area contributed by atoms with E-state index in [2.05, 4.69) is 53.2 Å². The van der Waals surface area contributed by atoms with Gasteiger partial charge < -0.3 is 5.32 Å². The van der Waals surface area contributed by atoms with Gasteiger partial charge in [-0.15, -0.1) is 11.3 Å². The second-order valence-electron chi connectivity index (χ2n) is 6.31. The molecule has 1 N–H and O–H groups in total. The van der Waals surface area contributed by atoms with Crippen molar-refractivity contribution in [1.29, 1.82) is 0 Å². The van der Waals surface area contributed by atoms with Gasteiger partial charge in [-0.05, 0) is 48.1 Å². The van der Waals surface area contributed by atoms with Crippen molar-refractivity contribution in [3.8, 4) is 0 Å². The van der Waals surface area contributed by atoms with Crippen molar-refractivity contribution >= 4 is 11.3 Å². The van der Waals surface area contributed by atoms with Crippen LogP contribution in [0, 0.1) is 11.8 Å². The Bertz CT molecular complexity index is 548. The van der Waals surface area contributed by atoms with Crippen LogP contribution in [0.4, 0.5) is 0 Å². The number of nitrogens with one attached hydrogen (secondary N) is 1. The highest BCUT2D eigenvalue weighted by Crippen LogP contribution is 2.45. The molecule has 4 atom stereocenters. The molecule has 1 aromatic heterocycles. The third-order valence-electron chi connectivity index (χ3n) is 5.08. The summed E-state index contributed by atoms with van der Waals surface area (Å²) in [6, 6.07) is 16.4. The zero-order valence-electron chi connectivity index (χ0n) is 11.7. The Kier molecular flexibility index (Phi) is 3.37. The van der Waals surface area contributed by atoms with E-state index in [-0.39, 0.29) is 0 Å². The molecule has 4 unspecified atom stereocenters. The highest BCUT2D eigenvalue weighted by atomic mass is 32.1. The van der Waals surface area contributed by atoms with Crippen LogP contribution in [0.3, 0.4) is 0 Å². The number of hydrogen-bond acceptors (Lipinski definition) is 2. The van der Waals surface area contributed by atoms with Crippen molar-refractivity contribution in [2.75, 3.05) is 0 Å². The predicted molar refractivity (Wildman–Crippen MR) is 85.0 cm³/mol. The van der Waals surface area contributed by atoms with Crippen molar-refractivity contribution < 1.29 is 0 Å². The van der Waals surface area contributed by atoms with Crippen LogP contribution in [-0.2, 0) is 0 Å². The molecule has 2 bridgehead atoms. The summed E-state index contributed by atoms with van der Waals surface area (Å²) in [5, 5.41) is 6.16. The van der Waals surface area contributed by atoms with Crippen molar-refractivity contribution in [2.24, 2.45) is 11.8 Å². The van der Waals surface area contributed by atoms with Gasteiger partial charge >= 0.3 is 0 Å². The van der Waals surface area contributed by atoms with Crippen LogP contribution in [-0.4, -0.2) is 6.04 Å². The van der Waals surface area contributed by atoms with Gasteiger partial charge in [-0.1, -0.05) is 42.8 Å². The molecule has 0 radical (unpaired) electrons. The van der Waals surface area contributed by atoms with Crippen molar-refractivity contribution in [1.82, 2.24) is 5.32 Å². The summed E-state index contributed by atoms with van der Waals surface area (Å²) >= 11 is 1.87. The summed E-state index contributed by atoms with van der Waals surface area (Å²) in [6.07, 6.45) is 5.76. The third kappa shape index (κ3) is 2.32. The minimum absolute atomic E-state index is 0.376. The molecule has 1 nitrogen and oxygen atoms in total. The van der Waals surface area contributed by atoms with E-state index in [1.807, 2.05) is 11.3 Å². The van der Waals surface area contributed by atoms with E-state index >= 15 is 0 Å². The van der Waals surface area contributed by atoms with E-state index in [1.165, 1.54) is 36.1 Å². The average Bonchev–Trinajstić information content (AvgIpc) is 3.23. The maximum absolute atomic E-state index is 3.98. The molecule has 0 aliphatic heterocycles. The Morgan fingerprint density at radius 2 is 1.90 bits per heavy atom. The second kappa shape index (κ2) is 5.34. The monoisotopic (exact) mass is 283 g/mol. The molecule has 1 heterocycles. The highest BCUT2D eigenvalue weighted by molar-refractivity contribution is 7.10. The summed E-state index contributed by atoms with van der Waals surface area (Å²) in [6.45, 7) is 0. The van der Waals surface area contributed by atoms with E-state index in [1.54, 1.807) is 0 Å². The number of rotatable bonds is 4. The molecule has 0 spiro atoms. The lowest BCUT2D eigenvalue weighted by Crippen LogP contribution is -2.37. The van der Waals surface area contributed by atoms with Crippen LogP contribution in [0.25, 0.3) is 0 Å². The van der Waals surface area contributed by atoms with Gasteiger partial charge in [0.15, 0.2) is 0 Å². The van der Waals surface area contributed by atoms with Gasteiger partial charge in [0, 0.05) is 10.9 Å². The molecular weight excluding hydrogens is 262 g/mol. The first-order chi connectivity index (χ1) is 9.90. The molecule has 20 heavy (non-hydrogen) atoms. The number of fused-ring (bicyclic) bond motifs is 2. The molecule has 2 saturated carbocycles. The lowest BCUT2D eigenvalue weighted by molar-refractivity contribution is 0.335. The van der Waals surface area contributed by atoms with Crippen LogP contribution in [0.1, 0.15) is 42.2 Å². The Labute approximate surface area is 125 Å². The predicted octanol–water partition coefficient (Wildman–Crippen LogP) is 4.62. The normalized spacial score (nSPS) is 29.7. The lowest BCUT2D eigenvalue weighted by atomic mass is 9.93. The molecule has 0 amide bonds. The van der Waals surface area contributed by atoms with Crippen LogP contribution in [0.5, 0.6) is 0 Å². The van der Waals surface area contributed by atoms with E-state index in [4.69, 9.17) is 0 Å². The smallest absolute Gasteiger partial charge is 0.0673 e. The fraction of sp³-hybridized carbons (Fsp3) is 0.444. The molecule has 2 fully saturated rings. The van der Waals surface area contributed by atoms with Crippen LogP contribution < -0.4 is 5.32 Å². The number of benzene rings is 1. The second-order valence-corrected chi connectivity index (χ2v) is 7.29. The fourth-order valence-corrected chi connectivity index (χ4v) is 4.92. The van der Waals surface area contributed by atoms with Gasteiger partial charge in [-0.3, -0.25) is 0 Å². The maximum Gasteiger partial charge on any atom is 0.0673 e. The van der Waals surface area contributed by atoms with Crippen molar-refractivity contribution in [3.05, 3.63) is 58.3 Å². The molecule has 2 heteroatoms. The molecule has 2 aliphatic carbocycles. The Balaban J connectivity index is 1.59. The van der Waals surface area contributed by atoms with Gasteiger partial charge in [0.25, 0.3) is 0 Å². The summed E-state index contributed by atoms with van der Waals surface area (Å²) < 4.78 is 0. The van der Waals surface area contributed by atoms with E-state index in [0.717, 1.165) is 17.9 Å². The molecule has 104 valence electrons. The molecule has 4 rings (SSSR count). The average molecular weight is 283 g/mol. The van der Waals surface area contributed by atoms with Crippen LogP contribution in [0.2, 0.25) is 0 Å². The zero-order chi connectivity index (χ0) is 13.4. The van der Waals surface area contributed by atoms with Gasteiger partial charge in [0.05, 0.1) is 6.04 Å². The van der Waals surface area contributed by atoms with Gasteiger partial charge in [-0.25, -0.2) is 0 Å². The SMILES string of the molecule is c1ccc(C(NC2CC3CCC2C3)c2cccs2)cc1. The first kappa shape index (κ1) is 12.6. The maximum atomic E-state index is 3.98. The standard InChI is InChI=1S/C18H21NS/c1-2-5-14(6-3-1)18(17-7-4-10-20-17)19-16-12-13-8-9-15(16)11-13/h1-7,10,13,15-16,18-19H,8-9,11-12H2. The minimum atomic E-state index is 0.376. The van der Waals surface area contributed by atoms with Gasteiger partial charge in [-0.2, -0.15) is 0 Å². The Hall–Kier alpha value is -1.12. The molecule has 2 aromatic rings. The van der Waals surface area contributed by atoms with Gasteiger partial charge in [0.2, 0.25) is 0 Å². The first-order valence-electron chi connectivity index (χ1n) is 7.74. The Morgan fingerprint density at radius 3 is 2.55 bits per heavy atom. The zero-order valence-corrected chi connectivity index (χ0v) is 12.5. The Morgan fingerprint density at radius 1 is 1.00 bits per heavy atom. The fourth-order valence-electron chi connectivity index (χ4n) is 4.11. The molecule has 0 saturated heterocycles. The quantitative estimate of drug-likeness (QED) is 0.863. The molecule has 2 aliphatic rings. The van der Waals surface area contributed by atoms with Crippen LogP contribution in [0.15, 0.2) is 47.8 Å². The largest absolute Gasteiger partial charge is 0.303 e. The number of thiophene rings is 1. The lowest BCUT2D eigenvalue weighted by Gasteiger charge is -2.28. The van der Waals surface area contributed by atoms with E-state index in [0.29, 0.717) is 6.04 Å². The summed E-state index contributed by atoms with van der Waals surface area (Å²) in [5.74, 6) is 1.92. The van der Waals surface area contributed by atoms with Crippen LogP contribution >= 0.6 is 11.3 Å². The highest BCUT2D eigenvalue weighted by Gasteiger charge is 2.40. The third-order valence-corrected chi connectivity index (χ3v) is 6.02. The van der Waals surface area contributed by atoms with Crippen molar-refractivity contribution in [2.45, 2.75) is 37.8 Å². The van der Waals surface area contributed by atoms with E-state index in [9.17, 15) is 0 Å². The summed E-state index contributed by atoms with van der Waals surface area (Å²) in [4.78, 5) is 1.44. The van der Waals surface area contributed by atoms with E-state index < -0.39 is 0 Å². The minimum Gasteiger partial charge on any atom is -0.303 e. The molecule has 1 aromatic carbocycles. The number of hydrogen-bond donors (Lipinski definition) is 1. The molecular formula is C18H21NS. The van der Waals surface area contributed by atoms with Crippen molar-refractivity contribution in [3.63, 3.8) is 0 Å². The van der Waals surface area contributed by atoms with Gasteiger partial charge in [0.1, 0.15) is 0 Å². The topological polar surface area (TPSA) is 12.0 Å². The summed E-state index contributed by atoms with van der Waals surface area (Å²) in [7, 11) is 0. The summed E-state index contributed by atoms with van der Waals surface area (Å²) in [5.41, 5.74) is 1.40. The first-order valence-corrected chi connectivity index (χ1v) is 8.62.